The van der Waals surface area contributed by atoms with Crippen LogP contribution in [0, 0.1) is 5.82 Å². The quantitative estimate of drug-likeness (QED) is 0.357. The molecule has 0 unspecified atom stereocenters. The van der Waals surface area contributed by atoms with E-state index in [-0.39, 0.29) is 37.2 Å². The van der Waals surface area contributed by atoms with E-state index in [4.69, 9.17) is 11.6 Å². The molecule has 34 heavy (non-hydrogen) atoms. The monoisotopic (exact) mass is 522 g/mol. The number of aromatic nitrogens is 2. The van der Waals surface area contributed by atoms with Crippen molar-refractivity contribution in [2.75, 3.05) is 12.4 Å². The summed E-state index contributed by atoms with van der Waals surface area (Å²) in [5.74, 6) is -1.42. The van der Waals surface area contributed by atoms with Crippen molar-refractivity contribution >= 4 is 55.5 Å². The van der Waals surface area contributed by atoms with Gasteiger partial charge in [-0.25, -0.2) is 26.9 Å². The topological polar surface area (TPSA) is 130 Å². The number of sulfonamides is 1. The molecule has 0 aliphatic carbocycles. The molecular formula is C21H16ClFN4O5S2. The molecule has 0 spiro atoms. The van der Waals surface area contributed by atoms with Crippen LogP contribution in [0.3, 0.4) is 0 Å². The number of carbonyl (C=O) groups excluding carboxylic acids is 1. The summed E-state index contributed by atoms with van der Waals surface area (Å²) in [5.41, 5.74) is -0.499. The fraction of sp³-hybridized carbons (Fsp3) is 0.0952. The minimum atomic E-state index is -4.04. The van der Waals surface area contributed by atoms with Gasteiger partial charge in [-0.15, -0.1) is 11.3 Å². The number of nitrogens with one attached hydrogen (secondary N) is 3. The second-order valence-electron chi connectivity index (χ2n) is 7.13. The van der Waals surface area contributed by atoms with Crippen LogP contribution in [0.1, 0.15) is 5.56 Å². The molecule has 1 amide bonds. The maximum absolute atomic E-state index is 14.1. The van der Waals surface area contributed by atoms with E-state index in [0.717, 1.165) is 22.0 Å². The molecule has 0 atom stereocenters. The lowest BCUT2D eigenvalue weighted by molar-refractivity contribution is -0.118. The fourth-order valence-electron chi connectivity index (χ4n) is 3.29. The Hall–Kier alpha value is -3.48. The van der Waals surface area contributed by atoms with E-state index in [1.807, 2.05) is 4.72 Å². The first-order chi connectivity index (χ1) is 16.1. The average Bonchev–Trinajstić information content (AvgIpc) is 3.22. The van der Waals surface area contributed by atoms with Crippen LogP contribution in [0.5, 0.6) is 0 Å². The van der Waals surface area contributed by atoms with Gasteiger partial charge in [-0.05, 0) is 42.0 Å². The van der Waals surface area contributed by atoms with Crippen molar-refractivity contribution in [2.45, 2.75) is 10.6 Å². The third-order valence-electron chi connectivity index (χ3n) is 4.88. The van der Waals surface area contributed by atoms with Gasteiger partial charge in [0.15, 0.2) is 0 Å². The Morgan fingerprint density at radius 1 is 1.15 bits per heavy atom. The zero-order valence-electron chi connectivity index (χ0n) is 17.4. The van der Waals surface area contributed by atoms with E-state index in [2.05, 4.69) is 10.3 Å². The van der Waals surface area contributed by atoms with E-state index < -0.39 is 33.0 Å². The van der Waals surface area contributed by atoms with Gasteiger partial charge in [0, 0.05) is 7.05 Å². The lowest BCUT2D eigenvalue weighted by Gasteiger charge is -2.10. The Morgan fingerprint density at radius 2 is 1.85 bits per heavy atom. The molecule has 9 nitrogen and oxygen atoms in total. The predicted octanol–water partition coefficient (Wildman–Crippen LogP) is 2.62. The summed E-state index contributed by atoms with van der Waals surface area (Å²) in [7, 11) is -2.53. The minimum Gasteiger partial charge on any atom is -0.386 e. The van der Waals surface area contributed by atoms with Crippen LogP contribution in [-0.4, -0.2) is 30.9 Å². The number of hydrogen-bond donors (Lipinski definition) is 3. The number of thiophene rings is 1. The Bertz CT molecular complexity index is 1640. The third kappa shape index (κ3) is 4.60. The van der Waals surface area contributed by atoms with Crippen molar-refractivity contribution in [3.63, 3.8) is 0 Å². The molecule has 0 saturated carbocycles. The van der Waals surface area contributed by atoms with Gasteiger partial charge in [0.1, 0.15) is 10.0 Å². The predicted molar refractivity (Wildman–Crippen MR) is 128 cm³/mol. The summed E-state index contributed by atoms with van der Waals surface area (Å²) in [6.45, 7) is 0. The Labute approximate surface area is 200 Å². The average molecular weight is 523 g/mol. The second-order valence-corrected chi connectivity index (χ2v) is 10.8. The molecule has 0 aliphatic heterocycles. The Morgan fingerprint density at radius 3 is 2.47 bits per heavy atom. The standard InChI is InChI=1S/C21H16ClFN4O5S2/c1-24-16-10-15-13(9-14(16)23)20(29)27(21(30)25-15)12-4-2-11(3-5-12)8-18(28)26-34(31,32)19-7-6-17(22)33-19/h2-7,9-10,24H,8H2,1H3,(H,25,30)(H,26,28). The van der Waals surface area contributed by atoms with Crippen molar-refractivity contribution in [1.29, 1.82) is 0 Å². The summed E-state index contributed by atoms with van der Waals surface area (Å²) in [6, 6.07) is 10.9. The van der Waals surface area contributed by atoms with Gasteiger partial charge in [-0.2, -0.15) is 0 Å². The maximum atomic E-state index is 14.1. The SMILES string of the molecule is CNc1cc2[nH]c(=O)n(-c3ccc(CC(=O)NS(=O)(=O)c4ccc(Cl)s4)cc3)c(=O)c2cc1F. The molecule has 0 aliphatic rings. The molecular weight excluding hydrogens is 507 g/mol. The fourth-order valence-corrected chi connectivity index (χ4v) is 5.76. The van der Waals surface area contributed by atoms with Crippen molar-refractivity contribution in [3.8, 4) is 5.69 Å². The maximum Gasteiger partial charge on any atom is 0.333 e. The lowest BCUT2D eigenvalue weighted by Crippen LogP contribution is -2.33. The van der Waals surface area contributed by atoms with E-state index in [1.54, 1.807) is 0 Å². The zero-order chi connectivity index (χ0) is 24.6. The Balaban J connectivity index is 1.58. The van der Waals surface area contributed by atoms with Crippen LogP contribution < -0.4 is 21.3 Å². The van der Waals surface area contributed by atoms with Crippen LogP contribution in [0.15, 0.2) is 62.3 Å². The summed E-state index contributed by atoms with van der Waals surface area (Å²) in [5, 5.41) is 2.62. The first-order valence-electron chi connectivity index (χ1n) is 9.65. The molecule has 2 aromatic carbocycles. The van der Waals surface area contributed by atoms with Crippen molar-refractivity contribution in [2.24, 2.45) is 0 Å². The van der Waals surface area contributed by atoms with Crippen molar-refractivity contribution < 1.29 is 17.6 Å². The van der Waals surface area contributed by atoms with Gasteiger partial charge < -0.3 is 10.3 Å². The largest absolute Gasteiger partial charge is 0.386 e. The number of hydrogen-bond acceptors (Lipinski definition) is 7. The van der Waals surface area contributed by atoms with Crippen LogP contribution in [0.2, 0.25) is 4.34 Å². The van der Waals surface area contributed by atoms with Crippen LogP contribution in [-0.2, 0) is 21.2 Å². The number of nitrogens with zero attached hydrogens (tertiary/aromatic N) is 1. The molecule has 2 aromatic heterocycles. The minimum absolute atomic E-state index is 0.0153. The number of rotatable bonds is 6. The first kappa shape index (κ1) is 23.7. The summed E-state index contributed by atoms with van der Waals surface area (Å²) < 4.78 is 41.6. The number of halogens is 2. The number of anilines is 1. The van der Waals surface area contributed by atoms with Crippen molar-refractivity contribution in [3.05, 3.63) is 85.1 Å². The number of amides is 1. The number of H-pyrrole nitrogens is 1. The molecule has 3 N–H and O–H groups in total. The van der Waals surface area contributed by atoms with E-state index >= 15 is 0 Å². The van der Waals surface area contributed by atoms with Crippen LogP contribution in [0.25, 0.3) is 16.6 Å². The molecule has 2 heterocycles. The molecule has 0 saturated heterocycles. The molecule has 176 valence electrons. The highest BCUT2D eigenvalue weighted by Crippen LogP contribution is 2.25. The number of benzene rings is 2. The highest BCUT2D eigenvalue weighted by molar-refractivity contribution is 7.92. The molecule has 0 bridgehead atoms. The van der Waals surface area contributed by atoms with Crippen LogP contribution in [0.4, 0.5) is 10.1 Å². The summed E-state index contributed by atoms with van der Waals surface area (Å²) in [6.07, 6.45) is -0.264. The third-order valence-corrected chi connectivity index (χ3v) is 7.97. The second kappa shape index (κ2) is 9.05. The van der Waals surface area contributed by atoms with Gasteiger partial charge in [0.05, 0.1) is 33.0 Å². The normalized spacial score (nSPS) is 11.5. The van der Waals surface area contributed by atoms with Gasteiger partial charge in [-0.3, -0.25) is 9.59 Å². The van der Waals surface area contributed by atoms with E-state index in [9.17, 15) is 27.2 Å². The number of fused-ring (bicyclic) bond motifs is 1. The smallest absolute Gasteiger partial charge is 0.333 e. The van der Waals surface area contributed by atoms with Gasteiger partial charge in [-0.1, -0.05) is 23.7 Å². The molecule has 4 aromatic rings. The lowest BCUT2D eigenvalue weighted by atomic mass is 10.1. The molecule has 0 fully saturated rings. The molecule has 13 heteroatoms. The molecule has 4 rings (SSSR count). The van der Waals surface area contributed by atoms with Gasteiger partial charge in [0.25, 0.3) is 15.6 Å². The highest BCUT2D eigenvalue weighted by Gasteiger charge is 2.20. The van der Waals surface area contributed by atoms with Gasteiger partial charge >= 0.3 is 5.69 Å². The van der Waals surface area contributed by atoms with Crippen LogP contribution >= 0.6 is 22.9 Å². The molecule has 0 radical (unpaired) electrons. The van der Waals surface area contributed by atoms with Gasteiger partial charge in [0.2, 0.25) is 5.91 Å². The first-order valence-corrected chi connectivity index (χ1v) is 12.3. The van der Waals surface area contributed by atoms with E-state index in [0.29, 0.717) is 5.56 Å². The van der Waals surface area contributed by atoms with Crippen molar-refractivity contribution in [1.82, 2.24) is 14.3 Å². The summed E-state index contributed by atoms with van der Waals surface area (Å²) >= 11 is 6.56. The highest BCUT2D eigenvalue weighted by atomic mass is 35.5. The van der Waals surface area contributed by atoms with E-state index in [1.165, 1.54) is 49.5 Å². The number of carbonyl (C=O) groups is 1. The zero-order valence-corrected chi connectivity index (χ0v) is 19.8. The Kier molecular flexibility index (Phi) is 6.30. The summed E-state index contributed by atoms with van der Waals surface area (Å²) in [4.78, 5) is 40.2. The number of aromatic amines is 1.